The Bertz CT molecular complexity index is 1450. The zero-order valence-corrected chi connectivity index (χ0v) is 22.2. The number of ether oxygens (including phenoxy) is 1. The van der Waals surface area contributed by atoms with Crippen molar-refractivity contribution in [2.24, 2.45) is 0 Å². The lowest BCUT2D eigenvalue weighted by Crippen LogP contribution is -2.35. The van der Waals surface area contributed by atoms with E-state index in [9.17, 15) is 14.7 Å². The predicted octanol–water partition coefficient (Wildman–Crippen LogP) is 4.18. The Labute approximate surface area is 206 Å². The highest BCUT2D eigenvalue weighted by Crippen LogP contribution is 2.45. The number of fused-ring (bicyclic) bond motifs is 5. The molecule has 0 spiro atoms. The van der Waals surface area contributed by atoms with Gasteiger partial charge in [-0.25, -0.2) is 4.98 Å². The van der Waals surface area contributed by atoms with Crippen LogP contribution >= 0.6 is 0 Å². The average Bonchev–Trinajstić information content (AvgIpc) is 3.07. The van der Waals surface area contributed by atoms with E-state index in [1.54, 1.807) is 4.57 Å². The smallest absolute Gasteiger partial charge is 0.309 e. The van der Waals surface area contributed by atoms with E-state index in [4.69, 9.17) is 15.5 Å². The van der Waals surface area contributed by atoms with Gasteiger partial charge in [-0.15, -0.1) is 0 Å². The van der Waals surface area contributed by atoms with Gasteiger partial charge in [-0.1, -0.05) is 40.8 Å². The third-order valence-electron chi connectivity index (χ3n) is 7.32. The van der Waals surface area contributed by atoms with Crippen LogP contribution in [0.25, 0.3) is 22.3 Å². The van der Waals surface area contributed by atoms with Crippen molar-refractivity contribution in [3.63, 3.8) is 0 Å². The molecule has 3 N–H and O–H groups in total. The van der Waals surface area contributed by atoms with E-state index in [0.717, 1.165) is 27.7 Å². The SMILES string of the molecule is CCC1(O)CC(=O)OC([Si](C)C)c2c1cc1n(c2=O)Cc2c-1nc1ccc(N)cc1c2C(C)(C)C. The van der Waals surface area contributed by atoms with Gasteiger partial charge in [-0.05, 0) is 47.2 Å². The Kier molecular flexibility index (Phi) is 5.27. The summed E-state index contributed by atoms with van der Waals surface area (Å²) in [6.45, 7) is 12.7. The first kappa shape index (κ1) is 23.8. The zero-order valence-electron chi connectivity index (χ0n) is 21.2. The molecule has 1 aromatic carbocycles. The third-order valence-corrected chi connectivity index (χ3v) is 8.77. The highest BCUT2D eigenvalue weighted by molar-refractivity contribution is 6.57. The molecule has 0 fully saturated rings. The van der Waals surface area contributed by atoms with Crippen LogP contribution in [0.4, 0.5) is 5.69 Å². The van der Waals surface area contributed by atoms with Gasteiger partial charge in [0.25, 0.3) is 5.56 Å². The van der Waals surface area contributed by atoms with E-state index < -0.39 is 26.1 Å². The highest BCUT2D eigenvalue weighted by Gasteiger charge is 2.44. The average molecular weight is 491 g/mol. The molecule has 2 aliphatic rings. The number of hydrogen-bond acceptors (Lipinski definition) is 6. The topological polar surface area (TPSA) is 107 Å². The monoisotopic (exact) mass is 490 g/mol. The van der Waals surface area contributed by atoms with Crippen LogP contribution in [0.5, 0.6) is 0 Å². The zero-order chi connectivity index (χ0) is 25.4. The molecule has 183 valence electrons. The molecule has 0 bridgehead atoms. The molecule has 2 aliphatic heterocycles. The van der Waals surface area contributed by atoms with E-state index in [-0.39, 0.29) is 17.4 Å². The van der Waals surface area contributed by atoms with Crippen molar-refractivity contribution in [1.29, 1.82) is 0 Å². The summed E-state index contributed by atoms with van der Waals surface area (Å²) >= 11 is 0. The lowest BCUT2D eigenvalue weighted by Gasteiger charge is -2.27. The number of pyridine rings is 2. The van der Waals surface area contributed by atoms with E-state index in [2.05, 4.69) is 20.8 Å². The van der Waals surface area contributed by atoms with Crippen LogP contribution in [-0.4, -0.2) is 29.4 Å². The molecular formula is C27H32N3O4Si. The van der Waals surface area contributed by atoms with Gasteiger partial charge in [0.15, 0.2) is 0 Å². The number of esters is 1. The number of aliphatic hydroxyl groups is 1. The number of anilines is 1. The number of nitrogen functional groups attached to an aromatic ring is 1. The maximum absolute atomic E-state index is 14.1. The van der Waals surface area contributed by atoms with Crippen LogP contribution < -0.4 is 11.3 Å². The Balaban J connectivity index is 1.87. The van der Waals surface area contributed by atoms with Crippen molar-refractivity contribution < 1.29 is 14.6 Å². The number of aromatic nitrogens is 2. The van der Waals surface area contributed by atoms with Crippen molar-refractivity contribution >= 4 is 31.4 Å². The van der Waals surface area contributed by atoms with Gasteiger partial charge >= 0.3 is 5.97 Å². The summed E-state index contributed by atoms with van der Waals surface area (Å²) in [6.07, 6.45) is 0.125. The van der Waals surface area contributed by atoms with Crippen molar-refractivity contribution in [2.75, 3.05) is 5.73 Å². The third kappa shape index (κ3) is 3.53. The first-order chi connectivity index (χ1) is 16.4. The van der Waals surface area contributed by atoms with Gasteiger partial charge in [-0.2, -0.15) is 0 Å². The van der Waals surface area contributed by atoms with E-state index in [0.29, 0.717) is 35.5 Å². The van der Waals surface area contributed by atoms with Gasteiger partial charge < -0.3 is 20.1 Å². The van der Waals surface area contributed by atoms with Gasteiger partial charge in [0.05, 0.1) is 35.4 Å². The van der Waals surface area contributed by atoms with Crippen LogP contribution in [0.3, 0.4) is 0 Å². The minimum atomic E-state index is -1.46. The fourth-order valence-corrected chi connectivity index (χ4v) is 6.87. The standard InChI is InChI=1S/C27H32N3O4Si/c1-7-27(33)12-20(31)34-25(35(5)6)21-17(27)11-19-23-16(13-30(19)24(21)32)22(26(2,3)4)15-10-14(28)8-9-18(15)29-23/h8-11,25,33H,7,12-13,28H2,1-6H3. The molecular weight excluding hydrogens is 458 g/mol. The maximum atomic E-state index is 14.1. The first-order valence-electron chi connectivity index (χ1n) is 12.1. The molecule has 1 radical (unpaired) electrons. The number of rotatable bonds is 2. The van der Waals surface area contributed by atoms with E-state index >= 15 is 0 Å². The Morgan fingerprint density at radius 3 is 2.60 bits per heavy atom. The van der Waals surface area contributed by atoms with Gasteiger partial charge in [0, 0.05) is 16.6 Å². The summed E-state index contributed by atoms with van der Waals surface area (Å²) in [6, 6.07) is 7.59. The van der Waals surface area contributed by atoms with Crippen LogP contribution in [0.2, 0.25) is 13.1 Å². The molecule has 0 saturated carbocycles. The highest BCUT2D eigenvalue weighted by atomic mass is 28.3. The first-order valence-corrected chi connectivity index (χ1v) is 14.7. The van der Waals surface area contributed by atoms with Crippen LogP contribution in [0.1, 0.15) is 68.5 Å². The van der Waals surface area contributed by atoms with Gasteiger partial charge in [-0.3, -0.25) is 9.59 Å². The number of cyclic esters (lactones) is 1. The lowest BCUT2D eigenvalue weighted by molar-refractivity contribution is -0.150. The molecule has 3 aromatic rings. The van der Waals surface area contributed by atoms with Crippen molar-refractivity contribution in [1.82, 2.24) is 9.55 Å². The maximum Gasteiger partial charge on any atom is 0.309 e. The predicted molar refractivity (Wildman–Crippen MR) is 139 cm³/mol. The fraction of sp³-hybridized carbons (Fsp3) is 0.444. The summed E-state index contributed by atoms with van der Waals surface area (Å²) in [5, 5.41) is 12.6. The summed E-state index contributed by atoms with van der Waals surface area (Å²) in [5.74, 6) is -0.469. The second-order valence-electron chi connectivity index (χ2n) is 11.1. The Morgan fingerprint density at radius 2 is 1.97 bits per heavy atom. The quantitative estimate of drug-likeness (QED) is 0.248. The molecule has 2 unspecified atom stereocenters. The minimum Gasteiger partial charge on any atom is -0.461 e. The molecule has 2 atom stereocenters. The molecule has 35 heavy (non-hydrogen) atoms. The molecule has 2 aromatic heterocycles. The van der Waals surface area contributed by atoms with Crippen LogP contribution in [-0.2, 0) is 27.1 Å². The van der Waals surface area contributed by atoms with Gasteiger partial charge in [0.1, 0.15) is 20.1 Å². The number of nitrogens with zero attached hydrogens (tertiary/aromatic N) is 2. The second kappa shape index (κ2) is 7.76. The number of nitrogens with two attached hydrogens (primary N) is 1. The number of carbonyl (C=O) groups is 1. The largest absolute Gasteiger partial charge is 0.461 e. The van der Waals surface area contributed by atoms with Crippen LogP contribution in [0.15, 0.2) is 29.1 Å². The second-order valence-corrected chi connectivity index (χ2v) is 13.8. The van der Waals surface area contributed by atoms with Crippen molar-refractivity contribution in [3.05, 3.63) is 56.9 Å². The van der Waals surface area contributed by atoms with E-state index in [1.165, 1.54) is 0 Å². The molecule has 0 aliphatic carbocycles. The fourth-order valence-electron chi connectivity index (χ4n) is 5.64. The van der Waals surface area contributed by atoms with Gasteiger partial charge in [0.2, 0.25) is 0 Å². The summed E-state index contributed by atoms with van der Waals surface area (Å²) < 4.78 is 7.51. The number of carbonyl (C=O) groups excluding carboxylic acids is 1. The molecule has 7 nitrogen and oxygen atoms in total. The van der Waals surface area contributed by atoms with Crippen molar-refractivity contribution in [2.45, 2.75) is 76.9 Å². The molecule has 4 heterocycles. The summed E-state index contributed by atoms with van der Waals surface area (Å²) in [7, 11) is -1.23. The van der Waals surface area contributed by atoms with Crippen molar-refractivity contribution in [3.8, 4) is 11.4 Å². The lowest BCUT2D eigenvalue weighted by atomic mass is 9.81. The normalized spacial score (nSPS) is 21.5. The molecule has 0 amide bonds. The molecule has 8 heteroatoms. The minimum absolute atomic E-state index is 0.171. The Morgan fingerprint density at radius 1 is 1.26 bits per heavy atom. The number of hydrogen-bond donors (Lipinski definition) is 2. The molecule has 5 rings (SSSR count). The van der Waals surface area contributed by atoms with E-state index in [1.807, 2.05) is 44.3 Å². The van der Waals surface area contributed by atoms with Crippen LogP contribution in [0, 0.1) is 0 Å². The Hall–Kier alpha value is -2.97. The summed E-state index contributed by atoms with van der Waals surface area (Å²) in [5.41, 5.74) is 9.57. The number of benzene rings is 1. The summed E-state index contributed by atoms with van der Waals surface area (Å²) in [4.78, 5) is 31.7. The molecule has 0 saturated heterocycles.